The van der Waals surface area contributed by atoms with Gasteiger partial charge in [-0.2, -0.15) is 13.2 Å². The monoisotopic (exact) mass is 438 g/mol. The first-order chi connectivity index (χ1) is 15.1. The van der Waals surface area contributed by atoms with E-state index in [1.165, 1.54) is 19.9 Å². The molecule has 0 aromatic heterocycles. The Morgan fingerprint density at radius 2 is 1.72 bits per heavy atom. The third kappa shape index (κ3) is 4.10. The summed E-state index contributed by atoms with van der Waals surface area (Å²) >= 11 is 0. The van der Waals surface area contributed by atoms with Crippen LogP contribution in [0.4, 0.5) is 24.5 Å². The lowest BCUT2D eigenvalue weighted by Gasteiger charge is -2.17. The Morgan fingerprint density at radius 3 is 2.38 bits per heavy atom. The summed E-state index contributed by atoms with van der Waals surface area (Å²) in [6.07, 6.45) is -3.92. The summed E-state index contributed by atoms with van der Waals surface area (Å²) < 4.78 is 40.6. The number of nitrogens with zero attached hydrogens (tertiary/aromatic N) is 1. The van der Waals surface area contributed by atoms with Crippen LogP contribution in [0.15, 0.2) is 60.7 Å². The van der Waals surface area contributed by atoms with Crippen molar-refractivity contribution in [1.82, 2.24) is 0 Å². The van der Waals surface area contributed by atoms with Crippen LogP contribution >= 0.6 is 0 Å². The van der Waals surface area contributed by atoms with E-state index in [1.54, 1.807) is 53.4 Å². The van der Waals surface area contributed by atoms with E-state index in [0.717, 1.165) is 17.3 Å². The van der Waals surface area contributed by atoms with E-state index in [9.17, 15) is 22.8 Å². The molecular formula is C25H21F3N2O2. The first-order valence-electron chi connectivity index (χ1n) is 10.1. The van der Waals surface area contributed by atoms with Crippen LogP contribution in [0.25, 0.3) is 11.1 Å². The lowest BCUT2D eigenvalue weighted by molar-refractivity contribution is -0.138. The molecule has 1 aliphatic heterocycles. The van der Waals surface area contributed by atoms with E-state index in [-0.39, 0.29) is 17.0 Å². The van der Waals surface area contributed by atoms with Crippen molar-refractivity contribution in [3.05, 3.63) is 82.9 Å². The zero-order valence-electron chi connectivity index (χ0n) is 17.6. The van der Waals surface area contributed by atoms with E-state index >= 15 is 0 Å². The van der Waals surface area contributed by atoms with Gasteiger partial charge in [0.15, 0.2) is 0 Å². The fraction of sp³-hybridized carbons (Fsp3) is 0.200. The normalized spacial score (nSPS) is 13.1. The van der Waals surface area contributed by atoms with Crippen LogP contribution in [0, 0.1) is 6.92 Å². The summed E-state index contributed by atoms with van der Waals surface area (Å²) in [7, 11) is 0. The van der Waals surface area contributed by atoms with E-state index < -0.39 is 17.6 Å². The van der Waals surface area contributed by atoms with Crippen molar-refractivity contribution in [1.29, 1.82) is 0 Å². The van der Waals surface area contributed by atoms with Gasteiger partial charge in [-0.3, -0.25) is 9.59 Å². The van der Waals surface area contributed by atoms with Crippen LogP contribution in [-0.2, 0) is 17.4 Å². The van der Waals surface area contributed by atoms with Gasteiger partial charge in [0.05, 0.1) is 5.56 Å². The Balaban J connectivity index is 1.72. The molecule has 1 heterocycles. The number of benzene rings is 3. The number of rotatable bonds is 3. The summed E-state index contributed by atoms with van der Waals surface area (Å²) in [6, 6.07) is 16.3. The molecule has 0 saturated carbocycles. The molecule has 7 heteroatoms. The number of fused-ring (bicyclic) bond motifs is 1. The zero-order valence-corrected chi connectivity index (χ0v) is 17.6. The Morgan fingerprint density at radius 1 is 1.00 bits per heavy atom. The highest BCUT2D eigenvalue weighted by molar-refractivity contribution is 6.09. The Kier molecular flexibility index (Phi) is 5.50. The highest BCUT2D eigenvalue weighted by Crippen LogP contribution is 2.37. The van der Waals surface area contributed by atoms with Crippen LogP contribution < -0.4 is 10.2 Å². The molecule has 0 aliphatic carbocycles. The van der Waals surface area contributed by atoms with Crippen molar-refractivity contribution in [3.63, 3.8) is 0 Å². The largest absolute Gasteiger partial charge is 0.416 e. The fourth-order valence-corrected chi connectivity index (χ4v) is 4.06. The van der Waals surface area contributed by atoms with Crippen LogP contribution in [0.2, 0.25) is 0 Å². The number of alkyl halides is 3. The van der Waals surface area contributed by atoms with Gasteiger partial charge in [0, 0.05) is 30.4 Å². The summed E-state index contributed by atoms with van der Waals surface area (Å²) in [4.78, 5) is 26.5. The molecule has 3 aromatic carbocycles. The molecule has 2 amide bonds. The molecule has 3 aromatic rings. The van der Waals surface area contributed by atoms with E-state index in [0.29, 0.717) is 29.8 Å². The Labute approximate surface area is 183 Å². The number of hydrogen-bond acceptors (Lipinski definition) is 2. The van der Waals surface area contributed by atoms with Gasteiger partial charge in [0.1, 0.15) is 0 Å². The molecule has 4 nitrogen and oxygen atoms in total. The molecule has 0 atom stereocenters. The first kappa shape index (κ1) is 21.6. The third-order valence-corrected chi connectivity index (χ3v) is 5.61. The van der Waals surface area contributed by atoms with Crippen molar-refractivity contribution in [2.24, 2.45) is 0 Å². The maximum Gasteiger partial charge on any atom is 0.416 e. The quantitative estimate of drug-likeness (QED) is 0.558. The number of nitrogens with one attached hydrogen (secondary N) is 1. The first-order valence-corrected chi connectivity index (χ1v) is 10.1. The third-order valence-electron chi connectivity index (χ3n) is 5.61. The van der Waals surface area contributed by atoms with Crippen LogP contribution in [-0.4, -0.2) is 18.4 Å². The van der Waals surface area contributed by atoms with Gasteiger partial charge in [-0.1, -0.05) is 36.4 Å². The summed E-state index contributed by atoms with van der Waals surface area (Å²) in [5, 5.41) is 2.73. The summed E-state index contributed by atoms with van der Waals surface area (Å²) in [6.45, 7) is 3.44. The fourth-order valence-electron chi connectivity index (χ4n) is 4.06. The molecule has 0 saturated heterocycles. The van der Waals surface area contributed by atoms with Gasteiger partial charge < -0.3 is 10.2 Å². The molecule has 0 unspecified atom stereocenters. The predicted molar refractivity (Wildman–Crippen MR) is 118 cm³/mol. The van der Waals surface area contributed by atoms with Crippen molar-refractivity contribution in [3.8, 4) is 11.1 Å². The van der Waals surface area contributed by atoms with Crippen molar-refractivity contribution in [2.45, 2.75) is 26.4 Å². The average molecular weight is 438 g/mol. The minimum atomic E-state index is -4.57. The molecule has 1 aliphatic rings. The number of carbonyl (C=O) groups excluding carboxylic acids is 2. The average Bonchev–Trinajstić information content (AvgIpc) is 3.16. The molecule has 0 bridgehead atoms. The number of aryl methyl sites for hydroxylation is 1. The smallest absolute Gasteiger partial charge is 0.322 e. The summed E-state index contributed by atoms with van der Waals surface area (Å²) in [5.74, 6) is -0.692. The maximum absolute atomic E-state index is 13.5. The second-order valence-corrected chi connectivity index (χ2v) is 7.79. The minimum absolute atomic E-state index is 0.0507. The number of halogens is 3. The van der Waals surface area contributed by atoms with Gasteiger partial charge in [-0.15, -0.1) is 0 Å². The van der Waals surface area contributed by atoms with E-state index in [4.69, 9.17) is 0 Å². The highest BCUT2D eigenvalue weighted by Gasteiger charge is 2.34. The number of carbonyl (C=O) groups is 2. The molecule has 32 heavy (non-hydrogen) atoms. The number of hydrogen-bond donors (Lipinski definition) is 1. The highest BCUT2D eigenvalue weighted by atomic mass is 19.4. The Hall–Kier alpha value is -3.61. The van der Waals surface area contributed by atoms with Gasteiger partial charge in [-0.05, 0) is 59.9 Å². The number of amides is 2. The van der Waals surface area contributed by atoms with Crippen LogP contribution in [0.3, 0.4) is 0 Å². The molecule has 4 rings (SSSR count). The van der Waals surface area contributed by atoms with Crippen molar-refractivity contribution >= 4 is 23.2 Å². The zero-order chi connectivity index (χ0) is 23.0. The van der Waals surface area contributed by atoms with Crippen molar-refractivity contribution in [2.75, 3.05) is 16.8 Å². The van der Waals surface area contributed by atoms with Gasteiger partial charge in [0.2, 0.25) is 5.91 Å². The molecule has 1 N–H and O–H groups in total. The van der Waals surface area contributed by atoms with Crippen molar-refractivity contribution < 1.29 is 22.8 Å². The standard InChI is InChI=1S/C25H21F3N2O2/c1-15-12-20(17-6-4-3-5-7-17)21(14-22(15)25(26,27)28)24(32)29-19-8-9-23-18(13-19)10-11-30(23)16(2)31/h3-9,12-14H,10-11H2,1-2H3,(H,29,32). The molecular weight excluding hydrogens is 417 g/mol. The van der Waals surface area contributed by atoms with Crippen LogP contribution in [0.5, 0.6) is 0 Å². The SMILES string of the molecule is CC(=O)N1CCc2cc(NC(=O)c3cc(C(F)(F)F)c(C)cc3-c3ccccc3)ccc21. The summed E-state index contributed by atoms with van der Waals surface area (Å²) in [5.41, 5.74) is 2.39. The topological polar surface area (TPSA) is 49.4 Å². The molecule has 0 fully saturated rings. The second kappa shape index (κ2) is 8.15. The molecule has 164 valence electrons. The lowest BCUT2D eigenvalue weighted by Crippen LogP contribution is -2.25. The lowest BCUT2D eigenvalue weighted by atomic mass is 9.93. The van der Waals surface area contributed by atoms with Crippen LogP contribution in [0.1, 0.15) is 34.0 Å². The van der Waals surface area contributed by atoms with Gasteiger partial charge in [0.25, 0.3) is 5.91 Å². The Bertz CT molecular complexity index is 1200. The van der Waals surface area contributed by atoms with E-state index in [2.05, 4.69) is 5.32 Å². The van der Waals surface area contributed by atoms with Gasteiger partial charge >= 0.3 is 6.18 Å². The number of anilines is 2. The minimum Gasteiger partial charge on any atom is -0.322 e. The van der Waals surface area contributed by atoms with E-state index in [1.807, 2.05) is 0 Å². The molecule has 0 spiro atoms. The maximum atomic E-state index is 13.5. The second-order valence-electron chi connectivity index (χ2n) is 7.79. The van der Waals surface area contributed by atoms with Gasteiger partial charge in [-0.25, -0.2) is 0 Å². The molecule has 0 radical (unpaired) electrons. The predicted octanol–water partition coefficient (Wildman–Crippen LogP) is 5.84.